The number of nitrogens with zero attached hydrogens (tertiary/aromatic N) is 4. The van der Waals surface area contributed by atoms with E-state index in [4.69, 9.17) is 9.26 Å². The van der Waals surface area contributed by atoms with Gasteiger partial charge in [-0.15, -0.1) is 0 Å². The maximum Gasteiger partial charge on any atom is 0.320 e. The summed E-state index contributed by atoms with van der Waals surface area (Å²) in [6.45, 7) is 6.71. The quantitative estimate of drug-likeness (QED) is 0.702. The Morgan fingerprint density at radius 3 is 2.69 bits per heavy atom. The van der Waals surface area contributed by atoms with Crippen LogP contribution in [0.25, 0.3) is 5.69 Å². The number of anilines is 1. The van der Waals surface area contributed by atoms with E-state index in [9.17, 15) is 4.79 Å². The van der Waals surface area contributed by atoms with Gasteiger partial charge in [0.2, 0.25) is 0 Å². The van der Waals surface area contributed by atoms with Gasteiger partial charge in [0.1, 0.15) is 5.54 Å². The molecule has 0 radical (unpaired) electrons. The van der Waals surface area contributed by atoms with Gasteiger partial charge < -0.3 is 19.9 Å². The minimum Gasteiger partial charge on any atom is -0.381 e. The van der Waals surface area contributed by atoms with Gasteiger partial charge in [0.15, 0.2) is 5.82 Å². The zero-order valence-electron chi connectivity index (χ0n) is 16.7. The number of ether oxygens (including phenoxy) is 1. The molecule has 0 saturated carbocycles. The number of hydrogen-bond donors (Lipinski definition) is 2. The number of rotatable bonds is 4. The standard InChI is InChI=1S/C20H24N6O3/c1-13-5-4-6-16(11-13)26-14(2)17(12-21-26)23-19(27)24-20(7-9-28-10-8-20)18-22-15(3)25-29-18/h4-6,11-12H,7-10H2,1-3H3,(H2,23,24,27). The Balaban J connectivity index is 1.53. The maximum absolute atomic E-state index is 12.8. The van der Waals surface area contributed by atoms with E-state index in [0.29, 0.717) is 43.5 Å². The van der Waals surface area contributed by atoms with Crippen LogP contribution in [0.3, 0.4) is 0 Å². The van der Waals surface area contributed by atoms with Crippen molar-refractivity contribution in [2.45, 2.75) is 39.2 Å². The monoisotopic (exact) mass is 396 g/mol. The van der Waals surface area contributed by atoms with Crippen LogP contribution < -0.4 is 10.6 Å². The average Bonchev–Trinajstić information content (AvgIpc) is 3.29. The Morgan fingerprint density at radius 2 is 2.00 bits per heavy atom. The molecule has 1 aliphatic heterocycles. The van der Waals surface area contributed by atoms with Crippen LogP contribution in [-0.2, 0) is 10.3 Å². The summed E-state index contributed by atoms with van der Waals surface area (Å²) in [7, 11) is 0. The second-order valence-electron chi connectivity index (χ2n) is 7.31. The topological polar surface area (TPSA) is 107 Å². The molecule has 29 heavy (non-hydrogen) atoms. The molecule has 0 atom stereocenters. The molecule has 2 aromatic heterocycles. The van der Waals surface area contributed by atoms with E-state index in [1.54, 1.807) is 17.8 Å². The van der Waals surface area contributed by atoms with Gasteiger partial charge in [-0.25, -0.2) is 9.48 Å². The number of carbonyl (C=O) groups is 1. The molecule has 1 saturated heterocycles. The summed E-state index contributed by atoms with van der Waals surface area (Å²) >= 11 is 0. The molecule has 4 rings (SSSR count). The summed E-state index contributed by atoms with van der Waals surface area (Å²) in [6, 6.07) is 7.67. The molecule has 3 aromatic rings. The molecule has 1 aromatic carbocycles. The molecular weight excluding hydrogens is 372 g/mol. The molecule has 1 aliphatic rings. The highest BCUT2D eigenvalue weighted by Crippen LogP contribution is 2.31. The largest absolute Gasteiger partial charge is 0.381 e. The van der Waals surface area contributed by atoms with Crippen LogP contribution in [0.5, 0.6) is 0 Å². The first-order chi connectivity index (χ1) is 14.0. The molecule has 2 amide bonds. The lowest BCUT2D eigenvalue weighted by molar-refractivity contribution is 0.0285. The first-order valence-electron chi connectivity index (χ1n) is 9.56. The van der Waals surface area contributed by atoms with E-state index in [0.717, 1.165) is 16.9 Å². The Labute approximate surface area is 168 Å². The molecule has 0 spiro atoms. The molecule has 3 heterocycles. The summed E-state index contributed by atoms with van der Waals surface area (Å²) < 4.78 is 12.6. The van der Waals surface area contributed by atoms with Gasteiger partial charge in [-0.05, 0) is 38.5 Å². The van der Waals surface area contributed by atoms with Gasteiger partial charge >= 0.3 is 6.03 Å². The van der Waals surface area contributed by atoms with Gasteiger partial charge in [0.05, 0.1) is 23.3 Å². The second kappa shape index (κ2) is 7.67. The van der Waals surface area contributed by atoms with E-state index < -0.39 is 5.54 Å². The number of aromatic nitrogens is 4. The van der Waals surface area contributed by atoms with Crippen molar-refractivity contribution in [3.05, 3.63) is 53.4 Å². The van der Waals surface area contributed by atoms with Crippen LogP contribution in [0.15, 0.2) is 35.0 Å². The maximum atomic E-state index is 12.8. The summed E-state index contributed by atoms with van der Waals surface area (Å²) in [5.41, 5.74) is 2.80. The van der Waals surface area contributed by atoms with Crippen molar-refractivity contribution in [2.75, 3.05) is 18.5 Å². The van der Waals surface area contributed by atoms with Crippen molar-refractivity contribution < 1.29 is 14.1 Å². The zero-order chi connectivity index (χ0) is 20.4. The lowest BCUT2D eigenvalue weighted by Crippen LogP contribution is -2.51. The molecule has 0 aliphatic carbocycles. The summed E-state index contributed by atoms with van der Waals surface area (Å²) in [5, 5.41) is 14.2. The normalized spacial score (nSPS) is 15.8. The number of urea groups is 1. The smallest absolute Gasteiger partial charge is 0.320 e. The van der Waals surface area contributed by atoms with Crippen LogP contribution >= 0.6 is 0 Å². The molecular formula is C20H24N6O3. The predicted molar refractivity (Wildman–Crippen MR) is 106 cm³/mol. The Morgan fingerprint density at radius 1 is 1.21 bits per heavy atom. The lowest BCUT2D eigenvalue weighted by Gasteiger charge is -2.34. The minimum absolute atomic E-state index is 0.352. The molecule has 152 valence electrons. The lowest BCUT2D eigenvalue weighted by atomic mass is 9.90. The van der Waals surface area contributed by atoms with Crippen molar-refractivity contribution in [2.24, 2.45) is 0 Å². The van der Waals surface area contributed by atoms with Crippen molar-refractivity contribution >= 4 is 11.7 Å². The average molecular weight is 396 g/mol. The zero-order valence-corrected chi connectivity index (χ0v) is 16.7. The molecule has 0 unspecified atom stereocenters. The van der Waals surface area contributed by atoms with Gasteiger partial charge in [-0.2, -0.15) is 10.1 Å². The summed E-state index contributed by atoms with van der Waals surface area (Å²) in [5.74, 6) is 0.934. The van der Waals surface area contributed by atoms with Crippen LogP contribution in [0.1, 0.15) is 35.8 Å². The number of aryl methyl sites for hydroxylation is 2. The second-order valence-corrected chi connectivity index (χ2v) is 7.31. The third-order valence-electron chi connectivity index (χ3n) is 5.14. The fraction of sp³-hybridized carbons (Fsp3) is 0.400. The molecule has 1 fully saturated rings. The van der Waals surface area contributed by atoms with E-state index in [2.05, 4.69) is 25.9 Å². The number of benzene rings is 1. The van der Waals surface area contributed by atoms with Gasteiger partial charge in [-0.1, -0.05) is 17.3 Å². The Bertz CT molecular complexity index is 1020. The van der Waals surface area contributed by atoms with E-state index in [1.165, 1.54) is 0 Å². The Hall–Kier alpha value is -3.20. The third-order valence-corrected chi connectivity index (χ3v) is 5.14. The molecule has 9 heteroatoms. The highest BCUT2D eigenvalue weighted by molar-refractivity contribution is 5.90. The van der Waals surface area contributed by atoms with E-state index in [1.807, 2.05) is 38.1 Å². The fourth-order valence-electron chi connectivity index (χ4n) is 3.53. The highest BCUT2D eigenvalue weighted by Gasteiger charge is 2.41. The predicted octanol–water partition coefficient (Wildman–Crippen LogP) is 3.01. The van der Waals surface area contributed by atoms with Crippen LogP contribution in [0.2, 0.25) is 0 Å². The fourth-order valence-corrected chi connectivity index (χ4v) is 3.53. The minimum atomic E-state index is -0.746. The number of nitrogens with one attached hydrogen (secondary N) is 2. The highest BCUT2D eigenvalue weighted by atomic mass is 16.5. The van der Waals surface area contributed by atoms with Gasteiger partial charge in [0.25, 0.3) is 5.89 Å². The number of hydrogen-bond acceptors (Lipinski definition) is 6. The van der Waals surface area contributed by atoms with Gasteiger partial charge in [0, 0.05) is 26.1 Å². The van der Waals surface area contributed by atoms with Gasteiger partial charge in [-0.3, -0.25) is 0 Å². The van der Waals surface area contributed by atoms with Crippen LogP contribution in [-0.4, -0.2) is 39.2 Å². The third kappa shape index (κ3) is 3.86. The number of carbonyl (C=O) groups excluding carboxylic acids is 1. The summed E-state index contributed by atoms with van der Waals surface area (Å²) in [4.78, 5) is 17.2. The Kier molecular flexibility index (Phi) is 5.06. The molecule has 9 nitrogen and oxygen atoms in total. The SMILES string of the molecule is Cc1cccc(-n2ncc(NC(=O)NC3(c4nc(C)no4)CCOCC3)c2C)c1. The first kappa shape index (κ1) is 19.1. The van der Waals surface area contributed by atoms with E-state index in [-0.39, 0.29) is 6.03 Å². The molecule has 0 bridgehead atoms. The van der Waals surface area contributed by atoms with Crippen molar-refractivity contribution in [3.63, 3.8) is 0 Å². The summed E-state index contributed by atoms with van der Waals surface area (Å²) in [6.07, 6.45) is 2.76. The van der Waals surface area contributed by atoms with Crippen molar-refractivity contribution in [1.29, 1.82) is 0 Å². The van der Waals surface area contributed by atoms with E-state index >= 15 is 0 Å². The molecule has 2 N–H and O–H groups in total. The van der Waals surface area contributed by atoms with Crippen molar-refractivity contribution in [1.82, 2.24) is 25.2 Å². The number of amides is 2. The van der Waals surface area contributed by atoms with Crippen molar-refractivity contribution in [3.8, 4) is 5.69 Å². The van der Waals surface area contributed by atoms with Crippen LogP contribution in [0, 0.1) is 20.8 Å². The van der Waals surface area contributed by atoms with Crippen LogP contribution in [0.4, 0.5) is 10.5 Å². The first-order valence-corrected chi connectivity index (χ1v) is 9.56.